The summed E-state index contributed by atoms with van der Waals surface area (Å²) in [5.41, 5.74) is 0. The number of carbonyl (C=O) groups excluding carboxylic acids is 2. The molecule has 2 amide bonds. The minimum atomic E-state index is -0.472. The van der Waals surface area contributed by atoms with E-state index in [4.69, 9.17) is 4.42 Å². The third-order valence-electron chi connectivity index (χ3n) is 3.45. The molecule has 1 fully saturated rings. The van der Waals surface area contributed by atoms with Crippen molar-refractivity contribution in [1.29, 1.82) is 0 Å². The molecular weight excluding hydrogens is 232 g/mol. The van der Waals surface area contributed by atoms with Gasteiger partial charge in [0.05, 0.1) is 12.3 Å². The highest BCUT2D eigenvalue weighted by molar-refractivity contribution is 5.96. The lowest BCUT2D eigenvalue weighted by molar-refractivity contribution is -0.151. The molecule has 2 rings (SSSR count). The molecule has 1 aromatic heterocycles. The van der Waals surface area contributed by atoms with Crippen LogP contribution < -0.4 is 5.32 Å². The number of nitrogens with one attached hydrogen (secondary N) is 1. The van der Waals surface area contributed by atoms with Gasteiger partial charge in [-0.25, -0.2) is 0 Å². The highest BCUT2D eigenvalue weighted by atomic mass is 16.3. The molecule has 1 saturated heterocycles. The van der Waals surface area contributed by atoms with Gasteiger partial charge in [0.2, 0.25) is 11.8 Å². The van der Waals surface area contributed by atoms with Crippen molar-refractivity contribution in [2.24, 2.45) is 0 Å². The molecule has 18 heavy (non-hydrogen) atoms. The van der Waals surface area contributed by atoms with Gasteiger partial charge in [-0.2, -0.15) is 0 Å². The summed E-state index contributed by atoms with van der Waals surface area (Å²) < 4.78 is 5.32. The summed E-state index contributed by atoms with van der Waals surface area (Å²) in [7, 11) is 0. The van der Waals surface area contributed by atoms with Gasteiger partial charge >= 0.3 is 0 Å². The monoisotopic (exact) mass is 250 g/mol. The average molecular weight is 250 g/mol. The number of nitrogens with zero attached hydrogens (tertiary/aromatic N) is 1. The lowest BCUT2D eigenvalue weighted by Crippen LogP contribution is -2.62. The van der Waals surface area contributed by atoms with E-state index >= 15 is 0 Å². The Morgan fingerprint density at radius 2 is 2.22 bits per heavy atom. The lowest BCUT2D eigenvalue weighted by Gasteiger charge is -2.40. The van der Waals surface area contributed by atoms with Gasteiger partial charge < -0.3 is 14.6 Å². The molecule has 0 aliphatic carbocycles. The van der Waals surface area contributed by atoms with E-state index in [1.54, 1.807) is 24.2 Å². The third-order valence-corrected chi connectivity index (χ3v) is 3.45. The Morgan fingerprint density at radius 1 is 1.50 bits per heavy atom. The number of furan rings is 1. The van der Waals surface area contributed by atoms with Gasteiger partial charge in [-0.3, -0.25) is 9.59 Å². The summed E-state index contributed by atoms with van der Waals surface area (Å²) in [4.78, 5) is 25.8. The molecule has 0 saturated carbocycles. The van der Waals surface area contributed by atoms with Crippen LogP contribution in [-0.4, -0.2) is 28.8 Å². The second-order valence-corrected chi connectivity index (χ2v) is 4.58. The number of hydrogen-bond donors (Lipinski definition) is 1. The van der Waals surface area contributed by atoms with Crippen LogP contribution in [0.3, 0.4) is 0 Å². The third kappa shape index (κ3) is 2.00. The average Bonchev–Trinajstić information content (AvgIpc) is 2.87. The molecule has 5 nitrogen and oxygen atoms in total. The van der Waals surface area contributed by atoms with Gasteiger partial charge in [0, 0.05) is 0 Å². The fourth-order valence-corrected chi connectivity index (χ4v) is 2.32. The van der Waals surface area contributed by atoms with Crippen LogP contribution in [0.1, 0.15) is 39.0 Å². The van der Waals surface area contributed by atoms with Crippen LogP contribution in [0, 0.1) is 0 Å². The number of piperazine rings is 1. The van der Waals surface area contributed by atoms with Crippen LogP contribution >= 0.6 is 0 Å². The molecule has 1 N–H and O–H groups in total. The Hall–Kier alpha value is -1.78. The highest BCUT2D eigenvalue weighted by Crippen LogP contribution is 2.26. The van der Waals surface area contributed by atoms with Crippen molar-refractivity contribution in [1.82, 2.24) is 10.2 Å². The number of carbonyl (C=O) groups is 2. The molecule has 98 valence electrons. The first-order valence-corrected chi connectivity index (χ1v) is 6.22. The van der Waals surface area contributed by atoms with Crippen molar-refractivity contribution in [3.63, 3.8) is 0 Å². The standard InChI is InChI=1S/C13H18N2O3/c1-4-10-13(17)15(9(3)12(16)14-10)8(2)11-6-5-7-18-11/h5-10H,4H2,1-3H3,(H,14,16). The summed E-state index contributed by atoms with van der Waals surface area (Å²) in [6.07, 6.45) is 2.17. The predicted molar refractivity (Wildman–Crippen MR) is 65.7 cm³/mol. The molecule has 0 bridgehead atoms. The molecule has 1 aliphatic rings. The number of amides is 2. The molecule has 1 aromatic rings. The van der Waals surface area contributed by atoms with E-state index in [9.17, 15) is 9.59 Å². The van der Waals surface area contributed by atoms with Crippen LogP contribution in [-0.2, 0) is 9.59 Å². The summed E-state index contributed by atoms with van der Waals surface area (Å²) in [6, 6.07) is 2.47. The van der Waals surface area contributed by atoms with Crippen LogP contribution in [0.5, 0.6) is 0 Å². The van der Waals surface area contributed by atoms with E-state index in [0.29, 0.717) is 12.2 Å². The minimum Gasteiger partial charge on any atom is -0.467 e. The molecular formula is C13H18N2O3. The van der Waals surface area contributed by atoms with E-state index in [0.717, 1.165) is 0 Å². The second-order valence-electron chi connectivity index (χ2n) is 4.58. The van der Waals surface area contributed by atoms with Crippen LogP contribution in [0.25, 0.3) is 0 Å². The van der Waals surface area contributed by atoms with E-state index in [2.05, 4.69) is 5.32 Å². The summed E-state index contributed by atoms with van der Waals surface area (Å²) >= 11 is 0. The maximum atomic E-state index is 12.3. The fourth-order valence-electron chi connectivity index (χ4n) is 2.32. The zero-order chi connectivity index (χ0) is 13.3. The second kappa shape index (κ2) is 4.84. The van der Waals surface area contributed by atoms with Gasteiger partial charge in [-0.15, -0.1) is 0 Å². The van der Waals surface area contributed by atoms with E-state index in [-0.39, 0.29) is 17.9 Å². The normalized spacial score (nSPS) is 26.1. The van der Waals surface area contributed by atoms with Crippen LogP contribution in [0.15, 0.2) is 22.8 Å². The molecule has 3 atom stereocenters. The predicted octanol–water partition coefficient (Wildman–Crippen LogP) is 1.47. The highest BCUT2D eigenvalue weighted by Gasteiger charge is 2.40. The largest absolute Gasteiger partial charge is 0.467 e. The van der Waals surface area contributed by atoms with Crippen molar-refractivity contribution in [2.75, 3.05) is 0 Å². The molecule has 3 unspecified atom stereocenters. The first-order chi connectivity index (χ1) is 8.56. The summed E-state index contributed by atoms with van der Waals surface area (Å²) in [5, 5.41) is 2.73. The lowest BCUT2D eigenvalue weighted by atomic mass is 10.0. The zero-order valence-corrected chi connectivity index (χ0v) is 10.8. The first kappa shape index (κ1) is 12.7. The SMILES string of the molecule is CCC1NC(=O)C(C)N(C(C)c2ccco2)C1=O. The van der Waals surface area contributed by atoms with Crippen LogP contribution in [0.2, 0.25) is 0 Å². The van der Waals surface area contributed by atoms with Gasteiger partial charge in [-0.1, -0.05) is 6.92 Å². The van der Waals surface area contributed by atoms with E-state index < -0.39 is 12.1 Å². The number of rotatable bonds is 3. The van der Waals surface area contributed by atoms with Crippen molar-refractivity contribution < 1.29 is 14.0 Å². The topological polar surface area (TPSA) is 62.6 Å². The molecule has 5 heteroatoms. The van der Waals surface area contributed by atoms with Gasteiger partial charge in [-0.05, 0) is 32.4 Å². The molecule has 0 aromatic carbocycles. The van der Waals surface area contributed by atoms with E-state index in [1.807, 2.05) is 19.9 Å². The van der Waals surface area contributed by atoms with Gasteiger partial charge in [0.25, 0.3) is 0 Å². The molecule has 0 spiro atoms. The Kier molecular flexibility index (Phi) is 3.41. The van der Waals surface area contributed by atoms with Crippen molar-refractivity contribution in [3.8, 4) is 0 Å². The van der Waals surface area contributed by atoms with E-state index in [1.165, 1.54) is 0 Å². The smallest absolute Gasteiger partial charge is 0.246 e. The Balaban J connectivity index is 2.28. The Labute approximate surface area is 106 Å². The first-order valence-electron chi connectivity index (χ1n) is 6.22. The summed E-state index contributed by atoms with van der Waals surface area (Å²) in [5.74, 6) is 0.535. The van der Waals surface area contributed by atoms with Crippen molar-refractivity contribution >= 4 is 11.8 Å². The number of hydrogen-bond acceptors (Lipinski definition) is 3. The quantitative estimate of drug-likeness (QED) is 0.883. The van der Waals surface area contributed by atoms with Gasteiger partial charge in [0.15, 0.2) is 0 Å². The summed E-state index contributed by atoms with van der Waals surface area (Å²) in [6.45, 7) is 5.49. The molecule has 0 radical (unpaired) electrons. The maximum absolute atomic E-state index is 12.3. The minimum absolute atomic E-state index is 0.0477. The molecule has 1 aliphatic heterocycles. The fraction of sp³-hybridized carbons (Fsp3) is 0.538. The Morgan fingerprint density at radius 3 is 2.78 bits per heavy atom. The molecule has 2 heterocycles. The maximum Gasteiger partial charge on any atom is 0.246 e. The zero-order valence-electron chi connectivity index (χ0n) is 10.8. The van der Waals surface area contributed by atoms with Gasteiger partial charge in [0.1, 0.15) is 17.8 Å². The van der Waals surface area contributed by atoms with Crippen LogP contribution in [0.4, 0.5) is 0 Å². The Bertz CT molecular complexity index is 441. The van der Waals surface area contributed by atoms with Crippen molar-refractivity contribution in [2.45, 2.75) is 45.3 Å². The van der Waals surface area contributed by atoms with Crippen molar-refractivity contribution in [3.05, 3.63) is 24.2 Å².